The van der Waals surface area contributed by atoms with Gasteiger partial charge in [0.05, 0.1) is 19.8 Å². The van der Waals surface area contributed by atoms with E-state index in [1.165, 1.54) is 4.31 Å². The fourth-order valence-corrected chi connectivity index (χ4v) is 7.29. The molecule has 0 radical (unpaired) electrons. The molecule has 3 saturated heterocycles. The van der Waals surface area contributed by atoms with E-state index in [4.69, 9.17) is 14.0 Å². The molecule has 4 heterocycles. The van der Waals surface area contributed by atoms with Gasteiger partial charge in [-0.3, -0.25) is 4.79 Å². The second-order valence-corrected chi connectivity index (χ2v) is 10.6. The lowest BCUT2D eigenvalue weighted by Gasteiger charge is -2.39. The van der Waals surface area contributed by atoms with Gasteiger partial charge in [0.2, 0.25) is 10.0 Å². The molecule has 1 aromatic carbocycles. The van der Waals surface area contributed by atoms with E-state index in [0.29, 0.717) is 31.7 Å². The molecular formula is C21H25N3O6S. The van der Waals surface area contributed by atoms with E-state index in [2.05, 4.69) is 5.16 Å². The van der Waals surface area contributed by atoms with Crippen LogP contribution < -0.4 is 4.74 Å². The van der Waals surface area contributed by atoms with Gasteiger partial charge >= 0.3 is 0 Å². The van der Waals surface area contributed by atoms with Crippen LogP contribution in [-0.2, 0) is 21.2 Å². The molecule has 5 rings (SSSR count). The van der Waals surface area contributed by atoms with Crippen molar-refractivity contribution >= 4 is 15.9 Å². The molecule has 31 heavy (non-hydrogen) atoms. The molecule has 0 aliphatic carbocycles. The Morgan fingerprint density at radius 1 is 1.29 bits per heavy atom. The van der Waals surface area contributed by atoms with Crippen molar-refractivity contribution < 1.29 is 27.2 Å². The maximum Gasteiger partial charge on any atom is 0.276 e. The first-order chi connectivity index (χ1) is 14.8. The molecule has 0 N–H and O–H groups in total. The highest BCUT2D eigenvalue weighted by Crippen LogP contribution is 2.46. The molecule has 2 bridgehead atoms. The second kappa shape index (κ2) is 7.32. The van der Waals surface area contributed by atoms with E-state index >= 15 is 0 Å². The smallest absolute Gasteiger partial charge is 0.276 e. The molecule has 3 aliphatic rings. The summed E-state index contributed by atoms with van der Waals surface area (Å²) in [7, 11) is -1.90. The summed E-state index contributed by atoms with van der Waals surface area (Å²) in [4.78, 5) is 14.6. The molecule has 0 saturated carbocycles. The molecule has 9 nitrogen and oxygen atoms in total. The van der Waals surface area contributed by atoms with Crippen LogP contribution in [0, 0.1) is 6.92 Å². The molecule has 2 aromatic rings. The molecule has 166 valence electrons. The Balaban J connectivity index is 1.32. The third kappa shape index (κ3) is 3.42. The highest BCUT2D eigenvalue weighted by molar-refractivity contribution is 7.90. The van der Waals surface area contributed by atoms with Crippen LogP contribution in [0.2, 0.25) is 0 Å². The Morgan fingerprint density at radius 3 is 2.74 bits per heavy atom. The predicted molar refractivity (Wildman–Crippen MR) is 110 cm³/mol. The molecule has 1 spiro atoms. The summed E-state index contributed by atoms with van der Waals surface area (Å²) >= 11 is 0. The Labute approximate surface area is 180 Å². The number of aryl methyl sites for hydroxylation is 1. The van der Waals surface area contributed by atoms with E-state index in [0.717, 1.165) is 11.3 Å². The van der Waals surface area contributed by atoms with Gasteiger partial charge < -0.3 is 18.9 Å². The van der Waals surface area contributed by atoms with E-state index in [-0.39, 0.29) is 30.8 Å². The Kier molecular flexibility index (Phi) is 4.83. The zero-order valence-electron chi connectivity index (χ0n) is 17.5. The topological polar surface area (TPSA) is 102 Å². The van der Waals surface area contributed by atoms with E-state index < -0.39 is 20.9 Å². The maximum absolute atomic E-state index is 13.3. The van der Waals surface area contributed by atoms with Gasteiger partial charge in [-0.05, 0) is 37.5 Å². The average Bonchev–Trinajstić information content (AvgIpc) is 3.36. The number of ether oxygens (including phenoxy) is 2. The number of methoxy groups -OCH3 is 1. The number of morpholine rings is 1. The van der Waals surface area contributed by atoms with Crippen LogP contribution in [0.1, 0.15) is 28.2 Å². The van der Waals surface area contributed by atoms with E-state index in [1.54, 1.807) is 25.0 Å². The van der Waals surface area contributed by atoms with Gasteiger partial charge in [0.25, 0.3) is 5.91 Å². The summed E-state index contributed by atoms with van der Waals surface area (Å²) in [6.45, 7) is 2.96. The van der Waals surface area contributed by atoms with Crippen LogP contribution in [0.25, 0.3) is 0 Å². The van der Waals surface area contributed by atoms with Crippen LogP contribution in [-0.4, -0.2) is 78.9 Å². The predicted octanol–water partition coefficient (Wildman–Crippen LogP) is 1.23. The van der Waals surface area contributed by atoms with Gasteiger partial charge in [-0.2, -0.15) is 4.31 Å². The number of rotatable bonds is 5. The lowest BCUT2D eigenvalue weighted by atomic mass is 9.99. The van der Waals surface area contributed by atoms with Gasteiger partial charge in [0, 0.05) is 25.7 Å². The minimum absolute atomic E-state index is 0.233. The van der Waals surface area contributed by atoms with Gasteiger partial charge in [-0.15, -0.1) is 0 Å². The van der Waals surface area contributed by atoms with Crippen molar-refractivity contribution in [2.24, 2.45) is 0 Å². The second-order valence-electron chi connectivity index (χ2n) is 8.51. The van der Waals surface area contributed by atoms with Crippen LogP contribution in [0.3, 0.4) is 0 Å². The Hall–Kier alpha value is -2.43. The lowest BCUT2D eigenvalue weighted by molar-refractivity contribution is -0.0977. The van der Waals surface area contributed by atoms with Crippen molar-refractivity contribution in [3.63, 3.8) is 0 Å². The number of hydrogen-bond donors (Lipinski definition) is 0. The minimum atomic E-state index is -3.51. The summed E-state index contributed by atoms with van der Waals surface area (Å²) < 4.78 is 44.5. The van der Waals surface area contributed by atoms with Gasteiger partial charge in [-0.25, -0.2) is 8.42 Å². The molecule has 3 fully saturated rings. The highest BCUT2D eigenvalue weighted by Gasteiger charge is 2.65. The van der Waals surface area contributed by atoms with Crippen molar-refractivity contribution in [1.29, 1.82) is 0 Å². The van der Waals surface area contributed by atoms with Crippen molar-refractivity contribution in [3.8, 4) is 5.75 Å². The number of hydrogen-bond acceptors (Lipinski definition) is 7. The molecule has 1 amide bonds. The first kappa shape index (κ1) is 20.5. The minimum Gasteiger partial charge on any atom is -0.497 e. The number of carbonyl (C=O) groups is 1. The van der Waals surface area contributed by atoms with Crippen molar-refractivity contribution in [2.45, 2.75) is 36.7 Å². The third-order valence-corrected chi connectivity index (χ3v) is 8.83. The van der Waals surface area contributed by atoms with Gasteiger partial charge in [0.15, 0.2) is 5.69 Å². The number of sulfonamides is 1. The molecule has 3 aliphatic heterocycles. The monoisotopic (exact) mass is 447 g/mol. The van der Waals surface area contributed by atoms with Crippen LogP contribution in [0.4, 0.5) is 0 Å². The number of fused-ring (bicyclic) bond motifs is 1. The summed E-state index contributed by atoms with van der Waals surface area (Å²) in [5, 5.41) is 3.19. The first-order valence-electron chi connectivity index (χ1n) is 10.3. The van der Waals surface area contributed by atoms with Crippen molar-refractivity contribution in [2.75, 3.05) is 33.3 Å². The van der Waals surface area contributed by atoms with E-state index in [1.807, 2.05) is 24.3 Å². The average molecular weight is 448 g/mol. The molecule has 1 aromatic heterocycles. The van der Waals surface area contributed by atoms with Crippen molar-refractivity contribution in [1.82, 2.24) is 14.4 Å². The molecule has 0 unspecified atom stereocenters. The fraction of sp³-hybridized carbons (Fsp3) is 0.524. The molecular weight excluding hydrogens is 422 g/mol. The molecule has 3 atom stereocenters. The third-order valence-electron chi connectivity index (χ3n) is 6.45. The Bertz CT molecular complexity index is 1100. The number of amides is 1. The summed E-state index contributed by atoms with van der Waals surface area (Å²) in [5.74, 6) is 1.07. The van der Waals surface area contributed by atoms with Crippen LogP contribution >= 0.6 is 0 Å². The first-order valence-corrected chi connectivity index (χ1v) is 11.8. The number of benzene rings is 1. The summed E-state index contributed by atoms with van der Waals surface area (Å²) in [6, 6.07) is 9.21. The number of aromatic nitrogens is 1. The largest absolute Gasteiger partial charge is 0.497 e. The normalized spacial score (nSPS) is 29.2. The maximum atomic E-state index is 13.3. The Morgan fingerprint density at radius 2 is 2.06 bits per heavy atom. The number of carbonyl (C=O) groups excluding carboxylic acids is 1. The lowest BCUT2D eigenvalue weighted by Crippen LogP contribution is -2.56. The zero-order chi connectivity index (χ0) is 21.8. The number of nitrogens with zero attached hydrogens (tertiary/aromatic N) is 3. The quantitative estimate of drug-likeness (QED) is 0.679. The van der Waals surface area contributed by atoms with Crippen LogP contribution in [0.15, 0.2) is 34.9 Å². The van der Waals surface area contributed by atoms with Crippen molar-refractivity contribution in [3.05, 3.63) is 47.3 Å². The SMILES string of the molecule is COc1ccc(CCN2C[C@]34CN(C(=O)c5cc(C)on5)C[C@H](C[C@H]3S2(=O)=O)O4)cc1. The van der Waals surface area contributed by atoms with Gasteiger partial charge in [-0.1, -0.05) is 17.3 Å². The standard InChI is InChI=1S/C21H25N3O6S/c1-14-9-18(22-30-14)20(25)23-11-17-10-19-21(12-23,29-17)13-24(31(19,26)27)8-7-15-3-5-16(28-2)6-4-15/h3-6,9,17,19H,7-8,10-13H2,1-2H3/t17-,19+,21+/m0/s1. The van der Waals surface area contributed by atoms with Gasteiger partial charge in [0.1, 0.15) is 22.4 Å². The molecule has 10 heteroatoms. The fourth-order valence-electron chi connectivity index (χ4n) is 4.98. The van der Waals surface area contributed by atoms with Crippen LogP contribution in [0.5, 0.6) is 5.75 Å². The zero-order valence-corrected chi connectivity index (χ0v) is 18.3. The summed E-state index contributed by atoms with van der Waals surface area (Å²) in [5.41, 5.74) is 0.381. The van der Waals surface area contributed by atoms with E-state index in [9.17, 15) is 13.2 Å². The highest BCUT2D eigenvalue weighted by atomic mass is 32.2. The summed E-state index contributed by atoms with van der Waals surface area (Å²) in [6.07, 6.45) is 0.716. The number of likely N-dealkylation sites (tertiary alicyclic amines) is 1.